The lowest BCUT2D eigenvalue weighted by Gasteiger charge is -2.10. The van der Waals surface area contributed by atoms with Gasteiger partial charge in [0.25, 0.3) is 0 Å². The molecule has 1 aromatic heterocycles. The van der Waals surface area contributed by atoms with E-state index in [4.69, 9.17) is 9.90 Å². The van der Waals surface area contributed by atoms with E-state index in [0.717, 1.165) is 29.1 Å². The van der Waals surface area contributed by atoms with Gasteiger partial charge in [0, 0.05) is 10.9 Å². The van der Waals surface area contributed by atoms with Crippen molar-refractivity contribution in [3.63, 3.8) is 0 Å². The summed E-state index contributed by atoms with van der Waals surface area (Å²) in [5, 5.41) is 11.6. The number of aliphatic carboxylic acids is 1. The molecule has 1 aliphatic rings. The number of alkyl halides is 3. The summed E-state index contributed by atoms with van der Waals surface area (Å²) >= 11 is 0. The molecule has 2 N–H and O–H groups in total. The number of carboxylic acids is 1. The van der Waals surface area contributed by atoms with Gasteiger partial charge >= 0.3 is 12.1 Å². The molecule has 0 spiro atoms. The number of benzene rings is 1. The van der Waals surface area contributed by atoms with Crippen LogP contribution in [0.2, 0.25) is 0 Å². The fourth-order valence-corrected chi connectivity index (χ4v) is 3.66. The lowest BCUT2D eigenvalue weighted by atomic mass is 10.1. The van der Waals surface area contributed by atoms with Crippen LogP contribution in [-0.2, 0) is 17.8 Å². The third kappa shape index (κ3) is 3.34. The number of thiophene rings is 1. The van der Waals surface area contributed by atoms with Crippen LogP contribution >= 0.6 is 10.8 Å². The molecular weight excluding hydrogens is 307 g/mol. The molecule has 0 bridgehead atoms. The predicted molar refractivity (Wildman–Crippen MR) is 71.7 cm³/mol. The highest BCUT2D eigenvalue weighted by molar-refractivity contribution is 7.31. The molecule has 1 aromatic carbocycles. The van der Waals surface area contributed by atoms with Crippen LogP contribution in [0.5, 0.6) is 0 Å². The third-order valence-electron chi connectivity index (χ3n) is 3.05. The fraction of sp³-hybridized carbons (Fsp3) is 0.308. The van der Waals surface area contributed by atoms with E-state index >= 15 is 0 Å². The number of nitrogens with one attached hydrogen (secondary N) is 1. The fourth-order valence-electron chi connectivity index (χ4n) is 2.13. The minimum Gasteiger partial charge on any atom is -0.590 e. The Bertz CT molecular complexity index is 666. The van der Waals surface area contributed by atoms with Gasteiger partial charge in [0.05, 0.1) is 6.54 Å². The first-order chi connectivity index (χ1) is 9.82. The van der Waals surface area contributed by atoms with Crippen molar-refractivity contribution in [3.8, 4) is 0 Å². The van der Waals surface area contributed by atoms with E-state index in [-0.39, 0.29) is 0 Å². The van der Waals surface area contributed by atoms with Crippen molar-refractivity contribution in [1.82, 2.24) is 5.32 Å². The summed E-state index contributed by atoms with van der Waals surface area (Å²) in [5.41, 5.74) is 1.32. The van der Waals surface area contributed by atoms with Crippen LogP contribution in [0.4, 0.5) is 13.2 Å². The summed E-state index contributed by atoms with van der Waals surface area (Å²) in [4.78, 5) is 9.99. The van der Waals surface area contributed by atoms with Crippen molar-refractivity contribution >= 4 is 26.8 Å². The number of fused-ring (bicyclic) bond motifs is 3. The molecule has 0 amide bonds. The van der Waals surface area contributed by atoms with Gasteiger partial charge in [0.15, 0.2) is 9.58 Å². The highest BCUT2D eigenvalue weighted by Gasteiger charge is 2.38. The number of hydrogen-bond donors (Lipinski definition) is 2. The zero-order chi connectivity index (χ0) is 15.6. The Hall–Kier alpha value is -1.64. The van der Waals surface area contributed by atoms with Gasteiger partial charge in [-0.15, -0.1) is 0 Å². The molecule has 1 aliphatic heterocycles. The van der Waals surface area contributed by atoms with Gasteiger partial charge < -0.3 is 15.0 Å². The van der Waals surface area contributed by atoms with Gasteiger partial charge in [-0.2, -0.15) is 13.2 Å². The molecule has 0 aliphatic carbocycles. The minimum absolute atomic E-state index is 0.788. The third-order valence-corrected chi connectivity index (χ3v) is 4.65. The van der Waals surface area contributed by atoms with Gasteiger partial charge in [-0.1, -0.05) is 12.1 Å². The van der Waals surface area contributed by atoms with Crippen molar-refractivity contribution in [1.29, 1.82) is 0 Å². The largest absolute Gasteiger partial charge is 0.590 e. The second-order valence-corrected chi connectivity index (χ2v) is 5.87. The molecule has 114 valence electrons. The molecular formula is C13H12F3NO3S. The van der Waals surface area contributed by atoms with Crippen LogP contribution in [0, 0.1) is 0 Å². The smallest absolute Gasteiger partial charge is 0.490 e. The van der Waals surface area contributed by atoms with E-state index in [1.807, 2.05) is 18.2 Å². The van der Waals surface area contributed by atoms with Crippen LogP contribution in [0.25, 0.3) is 10.1 Å². The maximum absolute atomic E-state index is 12.0. The molecule has 1 unspecified atom stereocenters. The van der Waals surface area contributed by atoms with E-state index < -0.39 is 22.9 Å². The zero-order valence-corrected chi connectivity index (χ0v) is 11.6. The predicted octanol–water partition coefficient (Wildman–Crippen LogP) is 2.85. The summed E-state index contributed by atoms with van der Waals surface area (Å²) < 4.78 is 44.8. The summed E-state index contributed by atoms with van der Waals surface area (Å²) in [7, 11) is -0.897. The first-order valence-electron chi connectivity index (χ1n) is 6.06. The molecule has 2 aromatic rings. The molecule has 0 saturated heterocycles. The van der Waals surface area contributed by atoms with E-state index in [9.17, 15) is 17.7 Å². The number of rotatable bonds is 0. The van der Waals surface area contributed by atoms with E-state index in [0.29, 0.717) is 0 Å². The van der Waals surface area contributed by atoms with Crippen LogP contribution in [-0.4, -0.2) is 28.3 Å². The number of hydrogen-bond acceptors (Lipinski definition) is 3. The number of carboxylic acid groups (broad SMARTS) is 1. The molecule has 3 rings (SSSR count). The van der Waals surface area contributed by atoms with E-state index in [1.165, 1.54) is 10.9 Å². The highest BCUT2D eigenvalue weighted by atomic mass is 32.2. The quantitative estimate of drug-likeness (QED) is 0.732. The van der Waals surface area contributed by atoms with Crippen molar-refractivity contribution < 1.29 is 27.6 Å². The minimum atomic E-state index is -5.08. The molecule has 0 fully saturated rings. The zero-order valence-electron chi connectivity index (χ0n) is 10.7. The Morgan fingerprint density at radius 3 is 2.57 bits per heavy atom. The summed E-state index contributed by atoms with van der Waals surface area (Å²) in [6.45, 7) is 1.79. The Morgan fingerprint density at radius 1 is 1.33 bits per heavy atom. The Morgan fingerprint density at radius 2 is 1.95 bits per heavy atom. The topological polar surface area (TPSA) is 72.4 Å². The Labute approximate surface area is 121 Å². The monoisotopic (exact) mass is 319 g/mol. The van der Waals surface area contributed by atoms with E-state index in [2.05, 4.69) is 11.4 Å². The first kappa shape index (κ1) is 15.7. The maximum Gasteiger partial charge on any atom is 0.490 e. The standard InChI is InChI=1S/C11H11NOS.C2HF3O2/c13-14-10-4-2-1-3-8(10)9-5-6-12-7-11(9)14;3-2(4,5)1(6)7/h1-4,12H,5-7H2;(H,6,7). The van der Waals surface area contributed by atoms with Gasteiger partial charge in [0.2, 0.25) is 0 Å². The Kier molecular flexibility index (Phi) is 4.50. The summed E-state index contributed by atoms with van der Waals surface area (Å²) in [6.07, 6.45) is -4.07. The van der Waals surface area contributed by atoms with E-state index in [1.54, 1.807) is 0 Å². The van der Waals surface area contributed by atoms with Crippen molar-refractivity contribution in [2.75, 3.05) is 6.54 Å². The molecule has 4 nitrogen and oxygen atoms in total. The van der Waals surface area contributed by atoms with Gasteiger partial charge in [-0.25, -0.2) is 4.79 Å². The van der Waals surface area contributed by atoms with Gasteiger partial charge in [0.1, 0.15) is 0 Å². The molecule has 0 radical (unpaired) electrons. The second-order valence-electron chi connectivity index (χ2n) is 4.40. The molecule has 1 atom stereocenters. The Balaban J connectivity index is 0.000000199. The van der Waals surface area contributed by atoms with Crippen LogP contribution < -0.4 is 5.32 Å². The van der Waals surface area contributed by atoms with Gasteiger partial charge in [-0.3, -0.25) is 0 Å². The van der Waals surface area contributed by atoms with Crippen LogP contribution in [0.1, 0.15) is 10.4 Å². The lowest BCUT2D eigenvalue weighted by molar-refractivity contribution is -0.192. The van der Waals surface area contributed by atoms with Crippen molar-refractivity contribution in [2.24, 2.45) is 0 Å². The highest BCUT2D eigenvalue weighted by Crippen LogP contribution is 2.39. The average Bonchev–Trinajstić information content (AvgIpc) is 2.73. The summed E-state index contributed by atoms with van der Waals surface area (Å²) in [5.74, 6) is -2.76. The van der Waals surface area contributed by atoms with Crippen molar-refractivity contribution in [2.45, 2.75) is 19.1 Å². The molecule has 21 heavy (non-hydrogen) atoms. The van der Waals surface area contributed by atoms with Crippen LogP contribution in [0.15, 0.2) is 24.3 Å². The lowest BCUT2D eigenvalue weighted by Crippen LogP contribution is -2.22. The summed E-state index contributed by atoms with van der Waals surface area (Å²) in [6, 6.07) is 8.04. The molecule has 2 heterocycles. The van der Waals surface area contributed by atoms with Crippen LogP contribution in [0.3, 0.4) is 0 Å². The van der Waals surface area contributed by atoms with Crippen molar-refractivity contribution in [3.05, 3.63) is 34.7 Å². The first-order valence-corrected chi connectivity index (χ1v) is 7.21. The maximum atomic E-state index is 12.0. The second kappa shape index (κ2) is 6.00. The number of carbonyl (C=O) groups is 1. The molecule has 0 saturated carbocycles. The normalized spacial score (nSPS) is 15.1. The number of halogens is 3. The SMILES string of the molecule is O=C(O)C(F)(F)F.[O-][s+]1c2c(c3ccccc31)CCNC2. The van der Waals surface area contributed by atoms with Gasteiger partial charge in [-0.05, 0) is 35.8 Å². The average molecular weight is 319 g/mol. The molecule has 8 heteroatoms.